The van der Waals surface area contributed by atoms with Crippen LogP contribution in [0, 0.1) is 0 Å². The third-order valence-corrected chi connectivity index (χ3v) is 5.77. The zero-order chi connectivity index (χ0) is 16.2. The predicted octanol–water partition coefficient (Wildman–Crippen LogP) is 3.13. The number of benzene rings is 1. The van der Waals surface area contributed by atoms with Crippen molar-refractivity contribution in [3.05, 3.63) is 27.2 Å². The van der Waals surface area contributed by atoms with Gasteiger partial charge in [-0.25, -0.2) is 8.42 Å². The number of carboxylic acid groups (broad SMARTS) is 1. The Morgan fingerprint density at radius 2 is 1.86 bits per heavy atom. The Labute approximate surface area is 142 Å². The lowest BCUT2D eigenvalue weighted by Crippen LogP contribution is -2.41. The van der Waals surface area contributed by atoms with Crippen molar-refractivity contribution in [1.29, 1.82) is 0 Å². The van der Waals surface area contributed by atoms with Crippen LogP contribution in [0.4, 0.5) is 0 Å². The molecule has 1 atom stereocenters. The molecule has 10 heteroatoms. The summed E-state index contributed by atoms with van der Waals surface area (Å²) in [6.45, 7) is 0. The second-order valence-electron chi connectivity index (χ2n) is 3.99. The lowest BCUT2D eigenvalue weighted by Gasteiger charge is -2.15. The van der Waals surface area contributed by atoms with Crippen LogP contribution in [0.3, 0.4) is 0 Å². The SMILES string of the molecule is CSCCC(NS(=O)(=O)c1cc(Cl)c(Cl)cc1Cl)C(=O)O. The Kier molecular flexibility index (Phi) is 7.09. The summed E-state index contributed by atoms with van der Waals surface area (Å²) in [4.78, 5) is 10.8. The van der Waals surface area contributed by atoms with Crippen LogP contribution in [-0.4, -0.2) is 37.5 Å². The van der Waals surface area contributed by atoms with E-state index in [-0.39, 0.29) is 26.4 Å². The molecule has 5 nitrogen and oxygen atoms in total. The first-order chi connectivity index (χ1) is 9.69. The molecule has 0 fully saturated rings. The molecule has 1 unspecified atom stereocenters. The van der Waals surface area contributed by atoms with Gasteiger partial charge in [-0.1, -0.05) is 34.8 Å². The average Bonchev–Trinajstić information content (AvgIpc) is 2.38. The van der Waals surface area contributed by atoms with Gasteiger partial charge in [0.1, 0.15) is 10.9 Å². The van der Waals surface area contributed by atoms with Crippen LogP contribution in [-0.2, 0) is 14.8 Å². The maximum absolute atomic E-state index is 12.2. The third-order valence-electron chi connectivity index (χ3n) is 2.47. The van der Waals surface area contributed by atoms with E-state index in [1.807, 2.05) is 0 Å². The van der Waals surface area contributed by atoms with Crippen molar-refractivity contribution in [3.8, 4) is 0 Å². The molecule has 0 spiro atoms. The lowest BCUT2D eigenvalue weighted by molar-refractivity contribution is -0.139. The summed E-state index contributed by atoms with van der Waals surface area (Å²) < 4.78 is 26.6. The van der Waals surface area contributed by atoms with Crippen molar-refractivity contribution in [2.24, 2.45) is 0 Å². The van der Waals surface area contributed by atoms with Crippen LogP contribution >= 0.6 is 46.6 Å². The van der Waals surface area contributed by atoms with E-state index in [2.05, 4.69) is 4.72 Å². The maximum Gasteiger partial charge on any atom is 0.321 e. The van der Waals surface area contributed by atoms with Gasteiger partial charge in [0.25, 0.3) is 0 Å². The summed E-state index contributed by atoms with van der Waals surface area (Å²) in [6.07, 6.45) is 1.94. The van der Waals surface area contributed by atoms with Crippen molar-refractivity contribution >= 4 is 62.6 Å². The smallest absolute Gasteiger partial charge is 0.321 e. The second kappa shape index (κ2) is 7.89. The van der Waals surface area contributed by atoms with Crippen LogP contribution in [0.5, 0.6) is 0 Å². The van der Waals surface area contributed by atoms with Crippen LogP contribution in [0.25, 0.3) is 0 Å². The quantitative estimate of drug-likeness (QED) is 0.697. The van der Waals surface area contributed by atoms with E-state index >= 15 is 0 Å². The molecule has 0 aliphatic carbocycles. The lowest BCUT2D eigenvalue weighted by atomic mass is 10.2. The van der Waals surface area contributed by atoms with E-state index in [4.69, 9.17) is 39.9 Å². The van der Waals surface area contributed by atoms with E-state index in [0.29, 0.717) is 5.75 Å². The summed E-state index contributed by atoms with van der Waals surface area (Å²) in [5.74, 6) is -0.766. The number of hydrogen-bond donors (Lipinski definition) is 2. The van der Waals surface area contributed by atoms with Gasteiger partial charge in [-0.05, 0) is 30.6 Å². The largest absolute Gasteiger partial charge is 0.480 e. The number of hydrogen-bond acceptors (Lipinski definition) is 4. The van der Waals surface area contributed by atoms with Crippen LogP contribution in [0.15, 0.2) is 17.0 Å². The number of halogens is 3. The molecule has 0 radical (unpaired) electrons. The Balaban J connectivity index is 3.10. The highest BCUT2D eigenvalue weighted by Crippen LogP contribution is 2.31. The minimum Gasteiger partial charge on any atom is -0.480 e. The number of aliphatic carboxylic acids is 1. The Bertz CT molecular complexity index is 637. The first-order valence-corrected chi connectivity index (χ1v) is 9.58. The van der Waals surface area contributed by atoms with Crippen molar-refractivity contribution in [1.82, 2.24) is 4.72 Å². The fraction of sp³-hybridized carbons (Fsp3) is 0.364. The number of rotatable bonds is 7. The van der Waals surface area contributed by atoms with E-state index in [1.165, 1.54) is 17.8 Å². The first kappa shape index (κ1) is 18.9. The van der Waals surface area contributed by atoms with Gasteiger partial charge in [-0.15, -0.1) is 0 Å². The van der Waals surface area contributed by atoms with Crippen molar-refractivity contribution in [2.45, 2.75) is 17.4 Å². The summed E-state index contributed by atoms with van der Waals surface area (Å²) in [7, 11) is -4.12. The van der Waals surface area contributed by atoms with E-state index < -0.39 is 22.0 Å². The van der Waals surface area contributed by atoms with Gasteiger partial charge < -0.3 is 5.11 Å². The molecule has 0 aliphatic heterocycles. The number of sulfonamides is 1. The molecule has 118 valence electrons. The third kappa shape index (κ3) is 5.19. The summed E-state index contributed by atoms with van der Waals surface area (Å²) in [6, 6.07) is 1.03. The highest BCUT2D eigenvalue weighted by atomic mass is 35.5. The predicted molar refractivity (Wildman–Crippen MR) is 86.2 cm³/mol. The van der Waals surface area contributed by atoms with Gasteiger partial charge in [0.05, 0.1) is 15.1 Å². The minimum atomic E-state index is -4.12. The maximum atomic E-state index is 12.2. The van der Waals surface area contributed by atoms with Crippen LogP contribution < -0.4 is 4.72 Å². The van der Waals surface area contributed by atoms with Crippen molar-refractivity contribution in [3.63, 3.8) is 0 Å². The van der Waals surface area contributed by atoms with Gasteiger partial charge in [0.2, 0.25) is 10.0 Å². The van der Waals surface area contributed by atoms with Gasteiger partial charge >= 0.3 is 5.97 Å². The molecule has 0 bridgehead atoms. The second-order valence-corrected chi connectivity index (χ2v) is 7.88. The van der Waals surface area contributed by atoms with E-state index in [1.54, 1.807) is 6.26 Å². The molecule has 1 aromatic rings. The molecular weight excluding hydrogens is 381 g/mol. The molecule has 0 aliphatic rings. The van der Waals surface area contributed by atoms with E-state index in [0.717, 1.165) is 6.07 Å². The molecule has 0 saturated heterocycles. The van der Waals surface area contributed by atoms with Crippen LogP contribution in [0.1, 0.15) is 6.42 Å². The highest BCUT2D eigenvalue weighted by molar-refractivity contribution is 7.98. The summed E-state index contributed by atoms with van der Waals surface area (Å²) in [5.41, 5.74) is 0. The fourth-order valence-electron chi connectivity index (χ4n) is 1.43. The van der Waals surface area contributed by atoms with Gasteiger partial charge in [0, 0.05) is 0 Å². The van der Waals surface area contributed by atoms with Gasteiger partial charge in [-0.2, -0.15) is 16.5 Å². The zero-order valence-electron chi connectivity index (χ0n) is 10.8. The monoisotopic (exact) mass is 391 g/mol. The molecule has 2 N–H and O–H groups in total. The minimum absolute atomic E-state index is 0.0115. The molecular formula is C11H12Cl3NO4S2. The highest BCUT2D eigenvalue weighted by Gasteiger charge is 2.27. The normalized spacial score (nSPS) is 13.1. The number of thioether (sulfide) groups is 1. The van der Waals surface area contributed by atoms with Gasteiger partial charge in [0.15, 0.2) is 0 Å². The number of carboxylic acids is 1. The topological polar surface area (TPSA) is 83.5 Å². The van der Waals surface area contributed by atoms with Crippen molar-refractivity contribution < 1.29 is 18.3 Å². The Morgan fingerprint density at radius 3 is 2.38 bits per heavy atom. The van der Waals surface area contributed by atoms with E-state index in [9.17, 15) is 13.2 Å². The molecule has 0 aromatic heterocycles. The number of carbonyl (C=O) groups is 1. The Morgan fingerprint density at radius 1 is 1.29 bits per heavy atom. The molecule has 0 saturated carbocycles. The molecule has 0 heterocycles. The number of nitrogens with one attached hydrogen (secondary N) is 1. The standard InChI is InChI=1S/C11H12Cl3NO4S2/c1-20-3-2-9(11(16)17)15-21(18,19)10-5-7(13)6(12)4-8(10)14/h4-5,9,15H,2-3H2,1H3,(H,16,17). The molecule has 0 amide bonds. The summed E-state index contributed by atoms with van der Waals surface area (Å²) >= 11 is 18.8. The summed E-state index contributed by atoms with van der Waals surface area (Å²) in [5, 5.41) is 9.05. The zero-order valence-corrected chi connectivity index (χ0v) is 14.7. The molecule has 1 rings (SSSR count). The van der Waals surface area contributed by atoms with Crippen molar-refractivity contribution in [2.75, 3.05) is 12.0 Å². The average molecular weight is 393 g/mol. The first-order valence-electron chi connectivity index (χ1n) is 5.57. The van der Waals surface area contributed by atoms with Gasteiger partial charge in [-0.3, -0.25) is 4.79 Å². The van der Waals surface area contributed by atoms with Crippen LogP contribution in [0.2, 0.25) is 15.1 Å². The molecule has 1 aromatic carbocycles. The molecule has 21 heavy (non-hydrogen) atoms. The Hall–Kier alpha value is -0.180. The fourth-order valence-corrected chi connectivity index (χ4v) is 4.13.